The van der Waals surface area contributed by atoms with Crippen LogP contribution in [0, 0.1) is 17.5 Å². The molecule has 2 amide bonds. The van der Waals surface area contributed by atoms with Gasteiger partial charge in [-0.2, -0.15) is 0 Å². The Kier molecular flexibility index (Phi) is 4.67. The molecule has 0 radical (unpaired) electrons. The van der Waals surface area contributed by atoms with Crippen LogP contribution < -0.4 is 4.90 Å². The van der Waals surface area contributed by atoms with Crippen molar-refractivity contribution in [2.45, 2.75) is 6.54 Å². The van der Waals surface area contributed by atoms with Gasteiger partial charge in [0, 0.05) is 30.7 Å². The lowest BCUT2D eigenvalue weighted by molar-refractivity contribution is -0.146. The maximum absolute atomic E-state index is 13.9. The van der Waals surface area contributed by atoms with E-state index in [1.807, 2.05) is 0 Å². The fourth-order valence-electron chi connectivity index (χ4n) is 2.60. The third-order valence-electron chi connectivity index (χ3n) is 3.88. The van der Waals surface area contributed by atoms with Crippen LogP contribution in [0.15, 0.2) is 36.4 Å². The highest BCUT2D eigenvalue weighted by Gasteiger charge is 2.34. The second kappa shape index (κ2) is 6.76. The molecule has 4 nitrogen and oxygen atoms in total. The molecule has 0 bridgehead atoms. The fourth-order valence-corrected chi connectivity index (χ4v) is 2.83. The van der Waals surface area contributed by atoms with Crippen LogP contribution in [0.5, 0.6) is 0 Å². The number of benzene rings is 2. The van der Waals surface area contributed by atoms with E-state index < -0.39 is 29.3 Å². The molecule has 0 aliphatic carbocycles. The number of hydrogen-bond donors (Lipinski definition) is 0. The molecule has 1 aliphatic rings. The molecular weight excluding hydrogens is 357 g/mol. The lowest BCUT2D eigenvalue weighted by Gasteiger charge is -2.34. The highest BCUT2D eigenvalue weighted by molar-refractivity contribution is 6.41. The number of anilines is 1. The summed E-state index contributed by atoms with van der Waals surface area (Å²) in [7, 11) is 0. The van der Waals surface area contributed by atoms with E-state index in [0.717, 1.165) is 29.2 Å². The molecule has 1 aliphatic heterocycles. The molecule has 2 aromatic rings. The summed E-state index contributed by atoms with van der Waals surface area (Å²) >= 11 is 5.93. The van der Waals surface area contributed by atoms with Crippen molar-refractivity contribution in [3.8, 4) is 0 Å². The van der Waals surface area contributed by atoms with Crippen LogP contribution in [0.25, 0.3) is 0 Å². The predicted molar refractivity (Wildman–Crippen MR) is 85.5 cm³/mol. The zero-order valence-corrected chi connectivity index (χ0v) is 13.6. The molecule has 3 rings (SSSR count). The minimum absolute atomic E-state index is 0.00373. The normalized spacial score (nSPS) is 15.0. The van der Waals surface area contributed by atoms with Crippen LogP contribution in [0.1, 0.15) is 5.56 Å². The van der Waals surface area contributed by atoms with Gasteiger partial charge in [0.1, 0.15) is 17.5 Å². The van der Waals surface area contributed by atoms with Crippen LogP contribution >= 0.6 is 11.6 Å². The monoisotopic (exact) mass is 368 g/mol. The summed E-state index contributed by atoms with van der Waals surface area (Å²) in [5.74, 6) is -3.85. The molecule has 1 fully saturated rings. The summed E-state index contributed by atoms with van der Waals surface area (Å²) in [4.78, 5) is 26.7. The van der Waals surface area contributed by atoms with Gasteiger partial charge in [0.05, 0.1) is 5.69 Å². The number of rotatable bonds is 3. The van der Waals surface area contributed by atoms with Crippen LogP contribution in [0.4, 0.5) is 18.9 Å². The number of carbonyl (C=O) groups excluding carboxylic acids is 2. The Balaban J connectivity index is 1.80. The number of hydrogen-bond acceptors (Lipinski definition) is 2. The molecule has 0 N–H and O–H groups in total. The lowest BCUT2D eigenvalue weighted by Crippen LogP contribution is -2.54. The van der Waals surface area contributed by atoms with Gasteiger partial charge in [0.25, 0.3) is 0 Å². The number of nitrogens with zero attached hydrogens (tertiary/aromatic N) is 2. The Morgan fingerprint density at radius 2 is 1.60 bits per heavy atom. The largest absolute Gasteiger partial charge is 0.328 e. The van der Waals surface area contributed by atoms with Crippen LogP contribution in [0.3, 0.4) is 0 Å². The number of carbonyl (C=O) groups is 2. The number of amides is 2. The second-order valence-electron chi connectivity index (χ2n) is 5.51. The average molecular weight is 369 g/mol. The molecule has 0 spiro atoms. The van der Waals surface area contributed by atoms with Gasteiger partial charge in [0.15, 0.2) is 0 Å². The molecule has 0 saturated carbocycles. The summed E-state index contributed by atoms with van der Waals surface area (Å²) in [6.45, 7) is 0.126. The van der Waals surface area contributed by atoms with E-state index in [4.69, 9.17) is 11.6 Å². The maximum atomic E-state index is 13.9. The fraction of sp³-hybridized carbons (Fsp3) is 0.176. The molecule has 8 heteroatoms. The van der Waals surface area contributed by atoms with Crippen LogP contribution in [0.2, 0.25) is 5.02 Å². The summed E-state index contributed by atoms with van der Waals surface area (Å²) in [5.41, 5.74) is 0.201. The third-order valence-corrected chi connectivity index (χ3v) is 4.24. The van der Waals surface area contributed by atoms with Gasteiger partial charge in [-0.1, -0.05) is 17.7 Å². The molecule has 25 heavy (non-hydrogen) atoms. The first-order chi connectivity index (χ1) is 11.9. The summed E-state index contributed by atoms with van der Waals surface area (Å²) < 4.78 is 40.3. The van der Waals surface area contributed by atoms with Gasteiger partial charge in [-0.15, -0.1) is 0 Å². The van der Waals surface area contributed by atoms with Crippen molar-refractivity contribution in [2.24, 2.45) is 0 Å². The highest BCUT2D eigenvalue weighted by atomic mass is 35.5. The summed E-state index contributed by atoms with van der Waals surface area (Å²) in [6.07, 6.45) is 0. The minimum Gasteiger partial charge on any atom is -0.328 e. The van der Waals surface area contributed by atoms with Crippen molar-refractivity contribution in [3.05, 3.63) is 64.4 Å². The topological polar surface area (TPSA) is 40.6 Å². The Hall–Kier alpha value is -2.54. The molecule has 0 atom stereocenters. The first-order valence-electron chi connectivity index (χ1n) is 7.36. The van der Waals surface area contributed by atoms with Gasteiger partial charge in [-0.25, -0.2) is 13.2 Å². The van der Waals surface area contributed by atoms with Crippen molar-refractivity contribution >= 4 is 29.1 Å². The molecule has 0 unspecified atom stereocenters. The van der Waals surface area contributed by atoms with Gasteiger partial charge in [-0.05, 0) is 29.8 Å². The van der Waals surface area contributed by atoms with Crippen molar-refractivity contribution in [1.29, 1.82) is 0 Å². The molecule has 1 saturated heterocycles. The maximum Gasteiger partial charge on any atom is 0.316 e. The highest BCUT2D eigenvalue weighted by Crippen LogP contribution is 2.25. The summed E-state index contributed by atoms with van der Waals surface area (Å²) in [5, 5.41) is 0.138. The zero-order chi connectivity index (χ0) is 18.1. The molecule has 1 heterocycles. The van der Waals surface area contributed by atoms with Gasteiger partial charge >= 0.3 is 11.8 Å². The standard InChI is InChI=1S/C17H12ClF3N2O2/c18-13-7-11(19)2-1-10(13)9-22-5-6-23(17(25)16(22)24)15-8-12(20)3-4-14(15)21/h1-4,7-8H,5-6,9H2. The van der Waals surface area contributed by atoms with Crippen molar-refractivity contribution in [1.82, 2.24) is 4.90 Å². The van der Waals surface area contributed by atoms with Gasteiger partial charge in [-0.3, -0.25) is 14.5 Å². The van der Waals surface area contributed by atoms with Crippen molar-refractivity contribution < 1.29 is 22.8 Å². The second-order valence-corrected chi connectivity index (χ2v) is 5.92. The quantitative estimate of drug-likeness (QED) is 0.781. The average Bonchev–Trinajstić information content (AvgIpc) is 2.57. The minimum atomic E-state index is -0.964. The number of piperazine rings is 1. The Bertz CT molecular complexity index is 860. The predicted octanol–water partition coefficient (Wildman–Crippen LogP) is 3.13. The van der Waals surface area contributed by atoms with Gasteiger partial charge in [0.2, 0.25) is 0 Å². The van der Waals surface area contributed by atoms with Gasteiger partial charge < -0.3 is 4.90 Å². The Morgan fingerprint density at radius 1 is 0.920 bits per heavy atom. The molecular formula is C17H12ClF3N2O2. The number of halogens is 4. The van der Waals surface area contributed by atoms with E-state index >= 15 is 0 Å². The van der Waals surface area contributed by atoms with E-state index in [0.29, 0.717) is 5.56 Å². The SMILES string of the molecule is O=C1C(=O)N(c2cc(F)ccc2F)CCN1Cc1ccc(F)cc1Cl. The first kappa shape index (κ1) is 17.3. The smallest absolute Gasteiger partial charge is 0.316 e. The zero-order valence-electron chi connectivity index (χ0n) is 12.8. The molecule has 130 valence electrons. The van der Waals surface area contributed by atoms with E-state index in [9.17, 15) is 22.8 Å². The van der Waals surface area contributed by atoms with E-state index in [1.165, 1.54) is 17.0 Å². The summed E-state index contributed by atoms with van der Waals surface area (Å²) in [6, 6.07) is 6.43. The molecule has 0 aromatic heterocycles. The van der Waals surface area contributed by atoms with E-state index in [1.54, 1.807) is 0 Å². The van der Waals surface area contributed by atoms with Crippen LogP contribution in [-0.2, 0) is 16.1 Å². The van der Waals surface area contributed by atoms with Crippen molar-refractivity contribution in [3.63, 3.8) is 0 Å². The first-order valence-corrected chi connectivity index (χ1v) is 7.74. The molecule has 2 aromatic carbocycles. The lowest BCUT2D eigenvalue weighted by atomic mass is 10.1. The third kappa shape index (κ3) is 3.46. The Morgan fingerprint density at radius 3 is 2.32 bits per heavy atom. The van der Waals surface area contributed by atoms with E-state index in [-0.39, 0.29) is 30.3 Å². The van der Waals surface area contributed by atoms with E-state index in [2.05, 4.69) is 0 Å². The van der Waals surface area contributed by atoms with Crippen LogP contribution in [-0.4, -0.2) is 29.8 Å². The van der Waals surface area contributed by atoms with Crippen molar-refractivity contribution in [2.75, 3.05) is 18.0 Å². The Labute approximate surface area is 146 Å².